The van der Waals surface area contributed by atoms with Crippen molar-refractivity contribution in [2.45, 2.75) is 37.8 Å². The normalized spacial score (nSPS) is 22.2. The molecule has 3 aromatic heterocycles. The lowest BCUT2D eigenvalue weighted by Gasteiger charge is -2.42. The molecule has 0 spiro atoms. The summed E-state index contributed by atoms with van der Waals surface area (Å²) in [6.45, 7) is 5.00. The minimum absolute atomic E-state index is 0.0382. The lowest BCUT2D eigenvalue weighted by molar-refractivity contribution is 0.0853. The number of nitrogens with two attached hydrogens (primary N) is 2. The minimum atomic E-state index is -0.380. The van der Waals surface area contributed by atoms with Crippen molar-refractivity contribution in [3.63, 3.8) is 0 Å². The van der Waals surface area contributed by atoms with Crippen molar-refractivity contribution >= 4 is 33.9 Å². The summed E-state index contributed by atoms with van der Waals surface area (Å²) in [5.41, 5.74) is 16.8. The Bertz CT molecular complexity index is 1460. The molecule has 4 aromatic rings. The van der Waals surface area contributed by atoms with Gasteiger partial charge in [-0.25, -0.2) is 9.67 Å². The molecule has 0 bridgehead atoms. The molecule has 2 aliphatic heterocycles. The highest BCUT2D eigenvalue weighted by atomic mass is 16.5. The fraction of sp³-hybridized carbons (Fsp3) is 0.393. The summed E-state index contributed by atoms with van der Waals surface area (Å²) >= 11 is 0. The molecule has 11 nitrogen and oxygen atoms in total. The van der Waals surface area contributed by atoms with Crippen LogP contribution in [0.4, 0.5) is 17.1 Å². The fourth-order valence-corrected chi connectivity index (χ4v) is 5.95. The van der Waals surface area contributed by atoms with E-state index in [2.05, 4.69) is 44.6 Å². The van der Waals surface area contributed by atoms with E-state index in [1.54, 1.807) is 18.6 Å². The maximum absolute atomic E-state index is 13.5. The Balaban J connectivity index is 1.24. The van der Waals surface area contributed by atoms with Crippen molar-refractivity contribution in [2.24, 2.45) is 11.7 Å². The van der Waals surface area contributed by atoms with Crippen LogP contribution in [0.3, 0.4) is 0 Å². The first kappa shape index (κ1) is 25.2. The number of fused-ring (bicyclic) bond motifs is 1. The summed E-state index contributed by atoms with van der Waals surface area (Å²) in [7, 11) is 0. The second kappa shape index (κ2) is 10.6. The fourth-order valence-electron chi connectivity index (χ4n) is 5.95. The maximum atomic E-state index is 13.5. The van der Waals surface area contributed by atoms with Crippen LogP contribution in [0.15, 0.2) is 55.1 Å². The lowest BCUT2D eigenvalue weighted by atomic mass is 9.90. The molecule has 0 radical (unpaired) electrons. The third-order valence-electron chi connectivity index (χ3n) is 7.87. The van der Waals surface area contributed by atoms with E-state index in [-0.39, 0.29) is 29.6 Å². The maximum Gasteiger partial charge on any atom is 0.276 e. The Morgan fingerprint density at radius 1 is 1.13 bits per heavy atom. The highest BCUT2D eigenvalue weighted by molar-refractivity contribution is 6.09. The second-order valence-electron chi connectivity index (χ2n) is 10.5. The zero-order chi connectivity index (χ0) is 26.9. The van der Waals surface area contributed by atoms with Crippen molar-refractivity contribution in [3.05, 3.63) is 66.4 Å². The van der Waals surface area contributed by atoms with Gasteiger partial charge in [0, 0.05) is 50.1 Å². The number of nitrogens with one attached hydrogen (secondary N) is 1. The summed E-state index contributed by atoms with van der Waals surface area (Å²) in [5.74, 6) is 0.255. The molecule has 3 unspecified atom stereocenters. The third-order valence-corrected chi connectivity index (χ3v) is 7.87. The first-order valence-electron chi connectivity index (χ1n) is 13.4. The molecular formula is C28H33N9O2. The summed E-state index contributed by atoms with van der Waals surface area (Å²) < 4.78 is 7.35. The molecule has 6 rings (SSSR count). The molecule has 5 N–H and O–H groups in total. The second-order valence-corrected chi connectivity index (χ2v) is 10.5. The third kappa shape index (κ3) is 5.02. The van der Waals surface area contributed by atoms with Gasteiger partial charge in [0.05, 0.1) is 41.0 Å². The summed E-state index contributed by atoms with van der Waals surface area (Å²) in [6, 6.07) is 9.79. The van der Waals surface area contributed by atoms with Gasteiger partial charge in [0.25, 0.3) is 5.91 Å². The average Bonchev–Trinajstić information content (AvgIpc) is 3.47. The summed E-state index contributed by atoms with van der Waals surface area (Å²) in [5, 5.41) is 12.0. The number of hydrogen-bond donors (Lipinski definition) is 3. The first-order valence-corrected chi connectivity index (χ1v) is 13.4. The molecule has 11 heteroatoms. The van der Waals surface area contributed by atoms with Crippen LogP contribution in [0.1, 0.15) is 47.8 Å². The Morgan fingerprint density at radius 2 is 1.97 bits per heavy atom. The van der Waals surface area contributed by atoms with Crippen LogP contribution >= 0.6 is 0 Å². The molecule has 1 amide bonds. The largest absolute Gasteiger partial charge is 0.397 e. The van der Waals surface area contributed by atoms with Gasteiger partial charge in [0.1, 0.15) is 0 Å². The van der Waals surface area contributed by atoms with Gasteiger partial charge in [-0.1, -0.05) is 24.3 Å². The predicted molar refractivity (Wildman–Crippen MR) is 150 cm³/mol. The van der Waals surface area contributed by atoms with Crippen LogP contribution in [0.2, 0.25) is 0 Å². The number of anilines is 3. The van der Waals surface area contributed by atoms with Crippen LogP contribution in [0.5, 0.6) is 0 Å². The van der Waals surface area contributed by atoms with Gasteiger partial charge < -0.3 is 26.4 Å². The van der Waals surface area contributed by atoms with Crippen LogP contribution < -0.4 is 21.7 Å². The summed E-state index contributed by atoms with van der Waals surface area (Å²) in [6.07, 6.45) is 8.84. The molecule has 202 valence electrons. The number of pyridine rings is 2. The van der Waals surface area contributed by atoms with Crippen molar-refractivity contribution in [1.82, 2.24) is 25.0 Å². The number of aromatic nitrogens is 5. The van der Waals surface area contributed by atoms with Crippen molar-refractivity contribution in [2.75, 3.05) is 42.3 Å². The topological polar surface area (TPSA) is 150 Å². The molecule has 0 aliphatic carbocycles. The lowest BCUT2D eigenvalue weighted by Crippen LogP contribution is -2.53. The number of nitrogen functional groups attached to an aromatic ring is 1. The van der Waals surface area contributed by atoms with Crippen molar-refractivity contribution < 1.29 is 9.53 Å². The van der Waals surface area contributed by atoms with Gasteiger partial charge in [0.2, 0.25) is 0 Å². The molecule has 3 atom stereocenters. The van der Waals surface area contributed by atoms with E-state index in [0.29, 0.717) is 23.8 Å². The number of nitrogens with zero attached hydrogens (tertiary/aromatic N) is 6. The standard InChI is InChI=1S/C28H33N9O2/c1-17-15-36(16-22(30)27(17)37-9-8-32-35-37)25-4-7-31-14-24(25)34-28(38)26-21(29)12-20-3-2-19(13-23(20)33-26)18-5-10-39-11-6-18/h2-4,7-9,12-14,17-18,22,27H,5-6,10-11,15-16,29-30H2,1H3,(H,34,38). The number of benzene rings is 1. The van der Waals surface area contributed by atoms with Crippen molar-refractivity contribution in [3.8, 4) is 0 Å². The van der Waals surface area contributed by atoms with Gasteiger partial charge in [-0.2, -0.15) is 0 Å². The number of hydrogen-bond acceptors (Lipinski definition) is 9. The molecule has 1 aromatic carbocycles. The molecule has 39 heavy (non-hydrogen) atoms. The first-order chi connectivity index (χ1) is 19.0. The molecule has 2 aliphatic rings. The number of rotatable bonds is 5. The molecule has 5 heterocycles. The highest BCUT2D eigenvalue weighted by Crippen LogP contribution is 2.34. The SMILES string of the molecule is CC1CN(c2ccncc2NC(=O)c2nc3cc(C4CCOCC4)ccc3cc2N)CC(N)C1n1ccnn1. The Labute approximate surface area is 226 Å². The van der Waals surface area contributed by atoms with Crippen LogP contribution in [0, 0.1) is 5.92 Å². The average molecular weight is 528 g/mol. The van der Waals surface area contributed by atoms with Crippen LogP contribution in [0.25, 0.3) is 10.9 Å². The number of amides is 1. The Morgan fingerprint density at radius 3 is 2.74 bits per heavy atom. The Hall–Kier alpha value is -4.09. The van der Waals surface area contributed by atoms with E-state index < -0.39 is 0 Å². The Kier molecular flexibility index (Phi) is 6.84. The van der Waals surface area contributed by atoms with E-state index in [9.17, 15) is 4.79 Å². The number of piperidine rings is 1. The van der Waals surface area contributed by atoms with Gasteiger partial charge in [-0.3, -0.25) is 9.78 Å². The minimum Gasteiger partial charge on any atom is -0.397 e. The zero-order valence-corrected chi connectivity index (χ0v) is 21.9. The zero-order valence-electron chi connectivity index (χ0n) is 21.9. The number of carbonyl (C=O) groups excluding carboxylic acids is 1. The van der Waals surface area contributed by atoms with E-state index in [0.717, 1.165) is 49.2 Å². The van der Waals surface area contributed by atoms with Gasteiger partial charge in [-0.15, -0.1) is 5.10 Å². The monoisotopic (exact) mass is 527 g/mol. The quantitative estimate of drug-likeness (QED) is 0.356. The number of carbonyl (C=O) groups is 1. The van der Waals surface area contributed by atoms with Crippen molar-refractivity contribution in [1.29, 1.82) is 0 Å². The highest BCUT2D eigenvalue weighted by Gasteiger charge is 2.35. The van der Waals surface area contributed by atoms with E-state index >= 15 is 0 Å². The molecule has 0 saturated carbocycles. The van der Waals surface area contributed by atoms with E-state index in [4.69, 9.17) is 21.2 Å². The molecule has 2 saturated heterocycles. The smallest absolute Gasteiger partial charge is 0.276 e. The van der Waals surface area contributed by atoms with Gasteiger partial charge >= 0.3 is 0 Å². The van der Waals surface area contributed by atoms with Crippen LogP contribution in [-0.4, -0.2) is 63.2 Å². The van der Waals surface area contributed by atoms with Crippen LogP contribution in [-0.2, 0) is 4.74 Å². The molecular weight excluding hydrogens is 494 g/mol. The van der Waals surface area contributed by atoms with Gasteiger partial charge in [-0.05, 0) is 48.4 Å². The number of ether oxygens (including phenoxy) is 1. The predicted octanol–water partition coefficient (Wildman–Crippen LogP) is 2.97. The summed E-state index contributed by atoms with van der Waals surface area (Å²) in [4.78, 5) is 24.6. The molecule has 2 fully saturated rings. The van der Waals surface area contributed by atoms with Gasteiger partial charge in [0.15, 0.2) is 5.69 Å². The van der Waals surface area contributed by atoms with E-state index in [1.807, 2.05) is 29.1 Å². The van der Waals surface area contributed by atoms with E-state index in [1.165, 1.54) is 5.56 Å².